The number of nitrogens with zero attached hydrogens (tertiary/aromatic N) is 2. The third kappa shape index (κ3) is 3.55. The lowest BCUT2D eigenvalue weighted by molar-refractivity contribution is 0.698. The average molecular weight is 255 g/mol. The highest BCUT2D eigenvalue weighted by atomic mass is 15.1. The molecule has 0 unspecified atom stereocenters. The quantitative estimate of drug-likeness (QED) is 0.892. The Labute approximate surface area is 115 Å². The summed E-state index contributed by atoms with van der Waals surface area (Å²) in [5.74, 6) is 0. The number of hydrogen-bond donors (Lipinski definition) is 1. The van der Waals surface area contributed by atoms with E-state index in [1.807, 2.05) is 24.4 Å². The van der Waals surface area contributed by atoms with Gasteiger partial charge in [0, 0.05) is 25.0 Å². The van der Waals surface area contributed by atoms with Gasteiger partial charge in [-0.15, -0.1) is 0 Å². The van der Waals surface area contributed by atoms with Crippen molar-refractivity contribution in [2.75, 3.05) is 11.9 Å². The van der Waals surface area contributed by atoms with Gasteiger partial charge in [0.05, 0.1) is 12.2 Å². The zero-order valence-electron chi connectivity index (χ0n) is 11.6. The van der Waals surface area contributed by atoms with Gasteiger partial charge >= 0.3 is 0 Å². The van der Waals surface area contributed by atoms with Gasteiger partial charge in [0.15, 0.2) is 0 Å². The van der Waals surface area contributed by atoms with Gasteiger partial charge < -0.3 is 10.6 Å². The minimum Gasteiger partial charge on any atom is -0.369 e. The molecule has 0 aliphatic heterocycles. The molecule has 1 aromatic heterocycles. The molecule has 2 N–H and O–H groups in total. The Morgan fingerprint density at radius 2 is 1.89 bits per heavy atom. The molecule has 0 saturated carbocycles. The van der Waals surface area contributed by atoms with Crippen LogP contribution in [-0.2, 0) is 6.54 Å². The summed E-state index contributed by atoms with van der Waals surface area (Å²) >= 11 is 0. The summed E-state index contributed by atoms with van der Waals surface area (Å²) in [7, 11) is 2.07. The largest absolute Gasteiger partial charge is 0.369 e. The first-order chi connectivity index (χ1) is 9.20. The van der Waals surface area contributed by atoms with Gasteiger partial charge in [-0.3, -0.25) is 4.98 Å². The maximum absolute atomic E-state index is 6.02. The molecule has 1 heterocycles. The van der Waals surface area contributed by atoms with E-state index in [4.69, 9.17) is 5.73 Å². The van der Waals surface area contributed by atoms with Crippen LogP contribution in [0.5, 0.6) is 0 Å². The molecule has 0 spiro atoms. The van der Waals surface area contributed by atoms with Gasteiger partial charge in [0.25, 0.3) is 0 Å². The zero-order chi connectivity index (χ0) is 13.7. The summed E-state index contributed by atoms with van der Waals surface area (Å²) in [5, 5.41) is 0. The molecule has 0 fully saturated rings. The molecule has 2 rings (SSSR count). The van der Waals surface area contributed by atoms with Crippen LogP contribution in [0, 0.1) is 0 Å². The van der Waals surface area contributed by atoms with Gasteiger partial charge in [-0.1, -0.05) is 25.1 Å². The smallest absolute Gasteiger partial charge is 0.0598 e. The molecular formula is C16H21N3. The van der Waals surface area contributed by atoms with E-state index in [0.29, 0.717) is 0 Å². The summed E-state index contributed by atoms with van der Waals surface area (Å²) in [5.41, 5.74) is 9.46. The number of benzene rings is 1. The first kappa shape index (κ1) is 13.6. The lowest BCUT2D eigenvalue weighted by Crippen LogP contribution is -2.17. The molecule has 3 heteroatoms. The molecule has 3 nitrogen and oxygen atoms in total. The summed E-state index contributed by atoms with van der Waals surface area (Å²) in [6.07, 6.45) is 2.79. The van der Waals surface area contributed by atoms with Crippen LogP contribution in [0.15, 0.2) is 48.7 Å². The number of anilines is 1. The highest BCUT2D eigenvalue weighted by Crippen LogP contribution is 2.19. The maximum atomic E-state index is 6.02. The second-order valence-corrected chi connectivity index (χ2v) is 4.78. The van der Waals surface area contributed by atoms with Gasteiger partial charge in [0.1, 0.15) is 0 Å². The van der Waals surface area contributed by atoms with Crippen LogP contribution >= 0.6 is 0 Å². The van der Waals surface area contributed by atoms with Crippen molar-refractivity contribution < 1.29 is 0 Å². The highest BCUT2D eigenvalue weighted by Gasteiger charge is 2.05. The van der Waals surface area contributed by atoms with E-state index in [1.165, 1.54) is 11.3 Å². The summed E-state index contributed by atoms with van der Waals surface area (Å²) < 4.78 is 0. The number of aromatic nitrogens is 1. The Kier molecular flexibility index (Phi) is 4.53. The van der Waals surface area contributed by atoms with E-state index in [-0.39, 0.29) is 6.04 Å². The first-order valence-electron chi connectivity index (χ1n) is 6.67. The maximum Gasteiger partial charge on any atom is 0.0598 e. The molecule has 19 heavy (non-hydrogen) atoms. The second-order valence-electron chi connectivity index (χ2n) is 4.78. The van der Waals surface area contributed by atoms with E-state index in [2.05, 4.69) is 48.1 Å². The van der Waals surface area contributed by atoms with Crippen LogP contribution in [-0.4, -0.2) is 12.0 Å². The lowest BCUT2D eigenvalue weighted by atomic mass is 10.1. The number of nitrogens with two attached hydrogens (primary N) is 1. The Morgan fingerprint density at radius 1 is 1.16 bits per heavy atom. The minimum atomic E-state index is 0.134. The van der Waals surface area contributed by atoms with Gasteiger partial charge in [0.2, 0.25) is 0 Å². The predicted molar refractivity (Wildman–Crippen MR) is 80.0 cm³/mol. The van der Waals surface area contributed by atoms with Crippen LogP contribution in [0.1, 0.15) is 30.6 Å². The van der Waals surface area contributed by atoms with Gasteiger partial charge in [-0.05, 0) is 36.2 Å². The van der Waals surface area contributed by atoms with Crippen LogP contribution in [0.3, 0.4) is 0 Å². The van der Waals surface area contributed by atoms with Crippen molar-refractivity contribution in [1.82, 2.24) is 4.98 Å². The molecular weight excluding hydrogens is 234 g/mol. The molecule has 1 atom stereocenters. The van der Waals surface area contributed by atoms with E-state index in [1.54, 1.807) is 0 Å². The fourth-order valence-corrected chi connectivity index (χ4v) is 2.04. The number of rotatable bonds is 5. The van der Waals surface area contributed by atoms with E-state index < -0.39 is 0 Å². The molecule has 0 amide bonds. The highest BCUT2D eigenvalue weighted by molar-refractivity contribution is 5.47. The van der Waals surface area contributed by atoms with Gasteiger partial charge in [-0.2, -0.15) is 0 Å². The Morgan fingerprint density at radius 3 is 2.47 bits per heavy atom. The lowest BCUT2D eigenvalue weighted by Gasteiger charge is -2.20. The number of pyridine rings is 1. The van der Waals surface area contributed by atoms with Gasteiger partial charge in [-0.25, -0.2) is 0 Å². The van der Waals surface area contributed by atoms with Crippen molar-refractivity contribution in [2.24, 2.45) is 5.73 Å². The molecule has 0 saturated heterocycles. The van der Waals surface area contributed by atoms with E-state index >= 15 is 0 Å². The third-order valence-corrected chi connectivity index (χ3v) is 3.33. The van der Waals surface area contributed by atoms with Crippen molar-refractivity contribution >= 4 is 5.69 Å². The summed E-state index contributed by atoms with van der Waals surface area (Å²) in [4.78, 5) is 6.53. The molecule has 0 radical (unpaired) electrons. The van der Waals surface area contributed by atoms with Crippen molar-refractivity contribution in [2.45, 2.75) is 25.9 Å². The second kappa shape index (κ2) is 6.34. The van der Waals surface area contributed by atoms with E-state index in [0.717, 1.165) is 18.7 Å². The van der Waals surface area contributed by atoms with Crippen molar-refractivity contribution in [3.63, 3.8) is 0 Å². The molecule has 0 aliphatic rings. The molecule has 0 bridgehead atoms. The third-order valence-electron chi connectivity index (χ3n) is 3.33. The normalized spacial score (nSPS) is 12.2. The molecule has 2 aromatic rings. The Balaban J connectivity index is 2.05. The summed E-state index contributed by atoms with van der Waals surface area (Å²) in [6, 6.07) is 14.6. The molecule has 100 valence electrons. The van der Waals surface area contributed by atoms with Crippen LogP contribution in [0.25, 0.3) is 0 Å². The fourth-order valence-electron chi connectivity index (χ4n) is 2.04. The summed E-state index contributed by atoms with van der Waals surface area (Å²) in [6.45, 7) is 2.91. The van der Waals surface area contributed by atoms with Crippen LogP contribution in [0.4, 0.5) is 5.69 Å². The predicted octanol–water partition coefficient (Wildman–Crippen LogP) is 3.13. The molecule has 1 aromatic carbocycles. The first-order valence-corrected chi connectivity index (χ1v) is 6.67. The monoisotopic (exact) mass is 255 g/mol. The standard InChI is InChI=1S/C16H21N3/c1-3-16(17)13-7-9-15(10-8-13)19(2)12-14-6-4-5-11-18-14/h4-11,16H,3,12,17H2,1-2H3/t16-/m0/s1. The average Bonchev–Trinajstić information content (AvgIpc) is 2.47. The topological polar surface area (TPSA) is 42.1 Å². The van der Waals surface area contributed by atoms with Crippen molar-refractivity contribution in [3.8, 4) is 0 Å². The fraction of sp³-hybridized carbons (Fsp3) is 0.312. The SMILES string of the molecule is CC[C@H](N)c1ccc(N(C)Cc2ccccn2)cc1. The Bertz CT molecular complexity index is 493. The molecule has 0 aliphatic carbocycles. The number of hydrogen-bond acceptors (Lipinski definition) is 3. The zero-order valence-corrected chi connectivity index (χ0v) is 11.6. The van der Waals surface area contributed by atoms with Crippen molar-refractivity contribution in [3.05, 3.63) is 59.9 Å². The van der Waals surface area contributed by atoms with E-state index in [9.17, 15) is 0 Å². The van der Waals surface area contributed by atoms with Crippen LogP contribution in [0.2, 0.25) is 0 Å². The van der Waals surface area contributed by atoms with Crippen LogP contribution < -0.4 is 10.6 Å². The minimum absolute atomic E-state index is 0.134. The Hall–Kier alpha value is -1.87. The van der Waals surface area contributed by atoms with Crippen molar-refractivity contribution in [1.29, 1.82) is 0 Å².